The summed E-state index contributed by atoms with van der Waals surface area (Å²) in [6.45, 7) is 1.42. The molecule has 8 heteroatoms. The van der Waals surface area contributed by atoms with Gasteiger partial charge in [-0.25, -0.2) is 4.98 Å². The Hall–Kier alpha value is -2.87. The molecule has 0 unspecified atom stereocenters. The quantitative estimate of drug-likeness (QED) is 0.677. The van der Waals surface area contributed by atoms with Crippen molar-refractivity contribution in [1.29, 1.82) is 0 Å². The van der Waals surface area contributed by atoms with E-state index in [2.05, 4.69) is 20.5 Å². The second-order valence-corrected chi connectivity index (χ2v) is 6.05. The van der Waals surface area contributed by atoms with Crippen LogP contribution >= 0.6 is 11.8 Å². The summed E-state index contributed by atoms with van der Waals surface area (Å²) in [5.74, 6) is 2.12. The van der Waals surface area contributed by atoms with Crippen LogP contribution < -0.4 is 10.1 Å². The van der Waals surface area contributed by atoms with Gasteiger partial charge in [0.25, 0.3) is 5.22 Å². The monoisotopic (exact) mass is 356 g/mol. The summed E-state index contributed by atoms with van der Waals surface area (Å²) >= 11 is 1.44. The molecule has 0 aliphatic heterocycles. The molecule has 128 valence electrons. The highest BCUT2D eigenvalue weighted by molar-refractivity contribution is 7.98. The molecule has 2 aromatic heterocycles. The van der Waals surface area contributed by atoms with Gasteiger partial charge in [-0.2, -0.15) is 0 Å². The van der Waals surface area contributed by atoms with Crippen molar-refractivity contribution in [2.45, 2.75) is 17.9 Å². The molecule has 3 rings (SSSR count). The molecule has 0 bridgehead atoms. The molecule has 0 saturated heterocycles. The van der Waals surface area contributed by atoms with Crippen molar-refractivity contribution in [2.75, 3.05) is 12.4 Å². The van der Waals surface area contributed by atoms with Crippen molar-refractivity contribution in [3.63, 3.8) is 0 Å². The van der Waals surface area contributed by atoms with Gasteiger partial charge in [-0.1, -0.05) is 23.9 Å². The van der Waals surface area contributed by atoms with E-state index in [-0.39, 0.29) is 5.91 Å². The molecule has 7 nitrogen and oxygen atoms in total. The van der Waals surface area contributed by atoms with Crippen LogP contribution in [-0.4, -0.2) is 28.2 Å². The Morgan fingerprint density at radius 2 is 2.16 bits per heavy atom. The number of pyridine rings is 1. The Bertz CT molecular complexity index is 882. The second-order valence-electron chi connectivity index (χ2n) is 5.12. The van der Waals surface area contributed by atoms with Crippen LogP contribution in [0.15, 0.2) is 52.2 Å². The van der Waals surface area contributed by atoms with Crippen LogP contribution in [0, 0.1) is 0 Å². The number of carbonyl (C=O) groups is 1. The summed E-state index contributed by atoms with van der Waals surface area (Å²) in [7, 11) is 1.64. The number of rotatable bonds is 6. The molecule has 0 fully saturated rings. The van der Waals surface area contributed by atoms with Gasteiger partial charge in [0.15, 0.2) is 0 Å². The van der Waals surface area contributed by atoms with E-state index in [0.717, 1.165) is 11.3 Å². The Morgan fingerprint density at radius 1 is 1.28 bits per heavy atom. The van der Waals surface area contributed by atoms with E-state index in [1.54, 1.807) is 25.4 Å². The lowest BCUT2D eigenvalue weighted by Gasteiger charge is -2.02. The first-order chi connectivity index (χ1) is 12.1. The van der Waals surface area contributed by atoms with E-state index in [4.69, 9.17) is 9.15 Å². The number of methoxy groups -OCH3 is 1. The first-order valence-electron chi connectivity index (χ1n) is 7.47. The topological polar surface area (TPSA) is 90.1 Å². The van der Waals surface area contributed by atoms with Crippen LogP contribution in [0.3, 0.4) is 0 Å². The van der Waals surface area contributed by atoms with E-state index in [1.807, 2.05) is 24.3 Å². The number of ether oxygens (including phenoxy) is 1. The van der Waals surface area contributed by atoms with Crippen LogP contribution in [-0.2, 0) is 10.5 Å². The molecular formula is C17H16N4O3S. The maximum Gasteiger partial charge on any atom is 0.277 e. The first-order valence-corrected chi connectivity index (χ1v) is 8.46. The van der Waals surface area contributed by atoms with Crippen LogP contribution in [0.5, 0.6) is 5.75 Å². The molecule has 1 N–H and O–H groups in total. The molecule has 2 heterocycles. The van der Waals surface area contributed by atoms with Crippen LogP contribution in [0.4, 0.5) is 5.82 Å². The lowest BCUT2D eigenvalue weighted by Crippen LogP contribution is -2.07. The molecule has 0 saturated carbocycles. The number of nitrogens with one attached hydrogen (secondary N) is 1. The largest absolute Gasteiger partial charge is 0.497 e. The Morgan fingerprint density at radius 3 is 2.96 bits per heavy atom. The number of anilines is 1. The summed E-state index contributed by atoms with van der Waals surface area (Å²) < 4.78 is 10.9. The summed E-state index contributed by atoms with van der Waals surface area (Å²) in [5.41, 5.74) is 1.79. The highest BCUT2D eigenvalue weighted by Gasteiger charge is 2.11. The van der Waals surface area contributed by atoms with Gasteiger partial charge in [-0.05, 0) is 29.8 Å². The third-order valence-corrected chi connectivity index (χ3v) is 4.10. The molecule has 0 aliphatic carbocycles. The normalized spacial score (nSPS) is 10.5. The van der Waals surface area contributed by atoms with E-state index in [1.165, 1.54) is 18.7 Å². The number of nitrogens with zero attached hydrogens (tertiary/aromatic N) is 3. The standard InChI is InChI=1S/C17H16N4O3S/c1-11(22)19-15-9-13(6-7-18-15)16-20-21-17(24-16)25-10-12-4-3-5-14(8-12)23-2/h3-9H,10H2,1-2H3,(H,18,19,22). The molecule has 25 heavy (non-hydrogen) atoms. The molecule has 0 radical (unpaired) electrons. The second kappa shape index (κ2) is 7.80. The minimum absolute atomic E-state index is 0.190. The zero-order valence-corrected chi connectivity index (χ0v) is 14.5. The van der Waals surface area contributed by atoms with Gasteiger partial charge in [0.05, 0.1) is 7.11 Å². The van der Waals surface area contributed by atoms with Crippen LogP contribution in [0.25, 0.3) is 11.5 Å². The van der Waals surface area contributed by atoms with Crippen LogP contribution in [0.2, 0.25) is 0 Å². The number of benzene rings is 1. The summed E-state index contributed by atoms with van der Waals surface area (Å²) in [4.78, 5) is 15.2. The van der Waals surface area contributed by atoms with E-state index in [0.29, 0.717) is 28.2 Å². The smallest absolute Gasteiger partial charge is 0.277 e. The number of hydrogen-bond donors (Lipinski definition) is 1. The lowest BCUT2D eigenvalue weighted by molar-refractivity contribution is -0.114. The number of thioether (sulfide) groups is 1. The molecular weight excluding hydrogens is 340 g/mol. The lowest BCUT2D eigenvalue weighted by atomic mass is 10.2. The van der Waals surface area contributed by atoms with Crippen LogP contribution in [0.1, 0.15) is 12.5 Å². The van der Waals surface area contributed by atoms with E-state index >= 15 is 0 Å². The fraction of sp³-hybridized carbons (Fsp3) is 0.176. The van der Waals surface area contributed by atoms with Gasteiger partial charge < -0.3 is 14.5 Å². The van der Waals surface area contributed by atoms with Gasteiger partial charge in [-0.15, -0.1) is 10.2 Å². The van der Waals surface area contributed by atoms with Gasteiger partial charge in [0.2, 0.25) is 11.8 Å². The minimum Gasteiger partial charge on any atom is -0.497 e. The third kappa shape index (κ3) is 4.57. The van der Waals surface area contributed by atoms with Crippen molar-refractivity contribution >= 4 is 23.5 Å². The average Bonchev–Trinajstić information content (AvgIpc) is 3.09. The molecule has 0 spiro atoms. The predicted octanol–water partition coefficient (Wildman–Crippen LogP) is 3.39. The van der Waals surface area contributed by atoms with E-state index < -0.39 is 0 Å². The van der Waals surface area contributed by atoms with Gasteiger partial charge >= 0.3 is 0 Å². The van der Waals surface area contributed by atoms with Crippen molar-refractivity contribution in [2.24, 2.45) is 0 Å². The summed E-state index contributed by atoms with van der Waals surface area (Å²) in [6, 6.07) is 11.2. The Kier molecular flexibility index (Phi) is 5.30. The number of amides is 1. The maximum atomic E-state index is 11.1. The molecule has 0 aliphatic rings. The summed E-state index contributed by atoms with van der Waals surface area (Å²) in [5, 5.41) is 11.2. The fourth-order valence-electron chi connectivity index (χ4n) is 2.10. The number of aromatic nitrogens is 3. The number of hydrogen-bond acceptors (Lipinski definition) is 7. The van der Waals surface area contributed by atoms with Gasteiger partial charge in [0.1, 0.15) is 11.6 Å². The SMILES string of the molecule is COc1cccc(CSc2nnc(-c3ccnc(NC(C)=O)c3)o2)c1. The molecule has 3 aromatic rings. The Labute approximate surface area is 148 Å². The molecule has 0 atom stereocenters. The van der Waals surface area contributed by atoms with Crippen molar-refractivity contribution in [1.82, 2.24) is 15.2 Å². The highest BCUT2D eigenvalue weighted by atomic mass is 32.2. The minimum atomic E-state index is -0.190. The number of carbonyl (C=O) groups excluding carboxylic acids is 1. The average molecular weight is 356 g/mol. The molecule has 1 amide bonds. The van der Waals surface area contributed by atoms with Crippen molar-refractivity contribution < 1.29 is 13.9 Å². The van der Waals surface area contributed by atoms with Crippen molar-refractivity contribution in [3.05, 3.63) is 48.2 Å². The zero-order chi connectivity index (χ0) is 17.6. The fourth-order valence-corrected chi connectivity index (χ4v) is 2.81. The Balaban J connectivity index is 1.69. The first kappa shape index (κ1) is 17.0. The maximum absolute atomic E-state index is 11.1. The van der Waals surface area contributed by atoms with E-state index in [9.17, 15) is 4.79 Å². The highest BCUT2D eigenvalue weighted by Crippen LogP contribution is 2.27. The summed E-state index contributed by atoms with van der Waals surface area (Å²) in [6.07, 6.45) is 1.58. The zero-order valence-electron chi connectivity index (χ0n) is 13.7. The van der Waals surface area contributed by atoms with Crippen molar-refractivity contribution in [3.8, 4) is 17.2 Å². The predicted molar refractivity (Wildman–Crippen MR) is 94.4 cm³/mol. The third-order valence-electron chi connectivity index (χ3n) is 3.21. The van der Waals surface area contributed by atoms with Gasteiger partial charge in [0, 0.05) is 24.4 Å². The molecule has 1 aromatic carbocycles. The van der Waals surface area contributed by atoms with Gasteiger partial charge in [-0.3, -0.25) is 4.79 Å².